The van der Waals surface area contributed by atoms with Crippen LogP contribution in [0.15, 0.2) is 53.4 Å². The lowest BCUT2D eigenvalue weighted by Crippen LogP contribution is -2.12. The SMILES string of the molecule is NS(=O)(=O)c1ccc(COc2ccc(I)cc2)cc1. The van der Waals surface area contributed by atoms with E-state index in [0.717, 1.165) is 14.9 Å². The zero-order valence-corrected chi connectivity index (χ0v) is 12.9. The molecule has 0 amide bonds. The molecule has 0 spiro atoms. The number of nitrogens with two attached hydrogens (primary N) is 1. The molecule has 0 aliphatic rings. The van der Waals surface area contributed by atoms with Gasteiger partial charge in [0.15, 0.2) is 0 Å². The molecule has 0 fully saturated rings. The lowest BCUT2D eigenvalue weighted by atomic mass is 10.2. The van der Waals surface area contributed by atoms with E-state index >= 15 is 0 Å². The van der Waals surface area contributed by atoms with Crippen molar-refractivity contribution < 1.29 is 13.2 Å². The van der Waals surface area contributed by atoms with Gasteiger partial charge in [-0.25, -0.2) is 13.6 Å². The van der Waals surface area contributed by atoms with Crippen LogP contribution in [0.2, 0.25) is 0 Å². The van der Waals surface area contributed by atoms with E-state index in [4.69, 9.17) is 9.88 Å². The van der Waals surface area contributed by atoms with Gasteiger partial charge >= 0.3 is 0 Å². The van der Waals surface area contributed by atoms with Gasteiger partial charge in [-0.2, -0.15) is 0 Å². The molecule has 100 valence electrons. The Bertz CT molecular complexity index is 651. The Kier molecular flexibility index (Phi) is 4.43. The number of sulfonamides is 1. The Morgan fingerprint density at radius 3 is 2.11 bits per heavy atom. The molecule has 0 heterocycles. The van der Waals surface area contributed by atoms with E-state index in [1.807, 2.05) is 24.3 Å². The summed E-state index contributed by atoms with van der Waals surface area (Å²) in [5.74, 6) is 0.774. The van der Waals surface area contributed by atoms with E-state index < -0.39 is 10.0 Å². The molecule has 0 unspecified atom stereocenters. The normalized spacial score (nSPS) is 11.3. The molecule has 0 radical (unpaired) electrons. The highest BCUT2D eigenvalue weighted by Gasteiger charge is 2.06. The second-order valence-electron chi connectivity index (χ2n) is 3.93. The summed E-state index contributed by atoms with van der Waals surface area (Å²) in [4.78, 5) is 0.102. The molecule has 0 saturated carbocycles. The smallest absolute Gasteiger partial charge is 0.238 e. The van der Waals surface area contributed by atoms with Gasteiger partial charge in [0.2, 0.25) is 10.0 Å². The van der Waals surface area contributed by atoms with Crippen molar-refractivity contribution in [2.45, 2.75) is 11.5 Å². The van der Waals surface area contributed by atoms with Crippen LogP contribution in [0, 0.1) is 3.57 Å². The van der Waals surface area contributed by atoms with Crippen molar-refractivity contribution in [2.24, 2.45) is 5.14 Å². The summed E-state index contributed by atoms with van der Waals surface area (Å²) in [6, 6.07) is 14.0. The Labute approximate surface area is 125 Å². The molecule has 2 N–H and O–H groups in total. The molecule has 2 aromatic rings. The van der Waals surface area contributed by atoms with E-state index in [-0.39, 0.29) is 4.90 Å². The molecular formula is C13H12INO3S. The Morgan fingerprint density at radius 2 is 1.58 bits per heavy atom. The summed E-state index contributed by atoms with van der Waals surface area (Å²) >= 11 is 2.22. The van der Waals surface area contributed by atoms with Crippen molar-refractivity contribution in [3.05, 3.63) is 57.7 Å². The van der Waals surface area contributed by atoms with Crippen LogP contribution in [0.1, 0.15) is 5.56 Å². The van der Waals surface area contributed by atoms with E-state index in [1.165, 1.54) is 12.1 Å². The maximum Gasteiger partial charge on any atom is 0.238 e. The van der Waals surface area contributed by atoms with E-state index in [2.05, 4.69) is 22.6 Å². The standard InChI is InChI=1S/C13H12INO3S/c14-11-3-5-12(6-4-11)18-9-10-1-7-13(8-2-10)19(15,16)17/h1-8H,9H2,(H2,15,16,17). The molecule has 4 nitrogen and oxygen atoms in total. The summed E-state index contributed by atoms with van der Waals surface area (Å²) in [6.45, 7) is 0.380. The first-order chi connectivity index (χ1) is 8.95. The highest BCUT2D eigenvalue weighted by molar-refractivity contribution is 14.1. The van der Waals surface area contributed by atoms with Gasteiger partial charge in [0.05, 0.1) is 4.90 Å². The highest BCUT2D eigenvalue weighted by atomic mass is 127. The van der Waals surface area contributed by atoms with Crippen molar-refractivity contribution in [3.63, 3.8) is 0 Å². The van der Waals surface area contributed by atoms with Gasteiger partial charge in [-0.3, -0.25) is 0 Å². The minimum Gasteiger partial charge on any atom is -0.489 e. The fourth-order valence-corrected chi connectivity index (χ4v) is 2.35. The third kappa shape index (κ3) is 4.19. The third-order valence-corrected chi connectivity index (χ3v) is 4.12. The molecule has 0 atom stereocenters. The zero-order valence-electron chi connectivity index (χ0n) is 9.91. The van der Waals surface area contributed by atoms with Gasteiger partial charge in [-0.05, 0) is 64.6 Å². The van der Waals surface area contributed by atoms with Crippen molar-refractivity contribution >= 4 is 32.6 Å². The van der Waals surface area contributed by atoms with Crippen LogP contribution in [0.4, 0.5) is 0 Å². The Morgan fingerprint density at radius 1 is 1.00 bits per heavy atom. The topological polar surface area (TPSA) is 69.4 Å². The lowest BCUT2D eigenvalue weighted by Gasteiger charge is -2.07. The number of primary sulfonamides is 1. The fourth-order valence-electron chi connectivity index (χ4n) is 1.47. The minimum absolute atomic E-state index is 0.102. The van der Waals surface area contributed by atoms with Gasteiger partial charge in [0.1, 0.15) is 12.4 Å². The molecule has 19 heavy (non-hydrogen) atoms. The molecule has 0 bridgehead atoms. The van der Waals surface area contributed by atoms with Crippen LogP contribution >= 0.6 is 22.6 Å². The molecule has 0 aromatic heterocycles. The van der Waals surface area contributed by atoms with Crippen LogP contribution in [0.25, 0.3) is 0 Å². The number of rotatable bonds is 4. The van der Waals surface area contributed by atoms with E-state index in [1.54, 1.807) is 12.1 Å². The third-order valence-electron chi connectivity index (χ3n) is 2.47. The minimum atomic E-state index is -3.63. The van der Waals surface area contributed by atoms with Crippen LogP contribution < -0.4 is 9.88 Å². The Balaban J connectivity index is 2.02. The van der Waals surface area contributed by atoms with Gasteiger partial charge < -0.3 is 4.74 Å². The number of ether oxygens (including phenoxy) is 1. The number of hydrogen-bond donors (Lipinski definition) is 1. The van der Waals surface area contributed by atoms with Gasteiger partial charge in [0, 0.05) is 3.57 Å². The monoisotopic (exact) mass is 389 g/mol. The average molecular weight is 389 g/mol. The first-order valence-corrected chi connectivity index (χ1v) is 8.08. The molecule has 0 aliphatic carbocycles. The van der Waals surface area contributed by atoms with Crippen LogP contribution in [-0.4, -0.2) is 8.42 Å². The van der Waals surface area contributed by atoms with Crippen molar-refractivity contribution in [1.29, 1.82) is 0 Å². The quantitative estimate of drug-likeness (QED) is 0.818. The van der Waals surface area contributed by atoms with Gasteiger partial charge in [0.25, 0.3) is 0 Å². The molecule has 0 aliphatic heterocycles. The Hall–Kier alpha value is -1.12. The fraction of sp³-hybridized carbons (Fsp3) is 0.0769. The summed E-state index contributed by atoms with van der Waals surface area (Å²) in [7, 11) is -3.63. The van der Waals surface area contributed by atoms with Crippen LogP contribution in [0.3, 0.4) is 0 Å². The predicted molar refractivity (Wildman–Crippen MR) is 81.3 cm³/mol. The lowest BCUT2D eigenvalue weighted by molar-refractivity contribution is 0.306. The van der Waals surface area contributed by atoms with Crippen molar-refractivity contribution in [2.75, 3.05) is 0 Å². The number of benzene rings is 2. The summed E-state index contributed by atoms with van der Waals surface area (Å²) in [5, 5.41) is 5.03. The second-order valence-corrected chi connectivity index (χ2v) is 6.74. The molecule has 2 aromatic carbocycles. The first kappa shape index (κ1) is 14.3. The molecule has 6 heteroatoms. The van der Waals surface area contributed by atoms with E-state index in [9.17, 15) is 8.42 Å². The average Bonchev–Trinajstić information content (AvgIpc) is 2.37. The maximum absolute atomic E-state index is 11.1. The largest absolute Gasteiger partial charge is 0.489 e. The second kappa shape index (κ2) is 5.89. The van der Waals surface area contributed by atoms with E-state index in [0.29, 0.717) is 6.61 Å². The summed E-state index contributed by atoms with van der Waals surface area (Å²) in [5.41, 5.74) is 0.881. The molecule has 2 rings (SSSR count). The zero-order chi connectivity index (χ0) is 13.9. The van der Waals surface area contributed by atoms with Gasteiger partial charge in [-0.1, -0.05) is 12.1 Å². The number of halogens is 1. The van der Waals surface area contributed by atoms with Crippen LogP contribution in [-0.2, 0) is 16.6 Å². The molecule has 0 saturated heterocycles. The van der Waals surface area contributed by atoms with Gasteiger partial charge in [-0.15, -0.1) is 0 Å². The summed E-state index contributed by atoms with van der Waals surface area (Å²) < 4.78 is 28.9. The number of hydrogen-bond acceptors (Lipinski definition) is 3. The van der Waals surface area contributed by atoms with Crippen molar-refractivity contribution in [3.8, 4) is 5.75 Å². The highest BCUT2D eigenvalue weighted by Crippen LogP contribution is 2.16. The molecular weight excluding hydrogens is 377 g/mol. The van der Waals surface area contributed by atoms with Crippen molar-refractivity contribution in [1.82, 2.24) is 0 Å². The maximum atomic E-state index is 11.1. The van der Waals surface area contributed by atoms with Crippen LogP contribution in [0.5, 0.6) is 5.75 Å². The summed E-state index contributed by atoms with van der Waals surface area (Å²) in [6.07, 6.45) is 0. The first-order valence-electron chi connectivity index (χ1n) is 5.45. The predicted octanol–water partition coefficient (Wildman–Crippen LogP) is 2.52.